The Kier molecular flexibility index (Phi) is 5.74. The van der Waals surface area contributed by atoms with E-state index in [1.807, 2.05) is 13.8 Å². The average Bonchev–Trinajstić information content (AvgIpc) is 2.37. The average molecular weight is 298 g/mol. The molecule has 0 aliphatic rings. The van der Waals surface area contributed by atoms with Gasteiger partial charge in [-0.2, -0.15) is 0 Å². The molecule has 0 radical (unpaired) electrons. The third-order valence-electron chi connectivity index (χ3n) is 3.47. The van der Waals surface area contributed by atoms with E-state index in [4.69, 9.17) is 5.11 Å². The normalized spacial score (nSPS) is 14.8. The zero-order valence-corrected chi connectivity index (χ0v) is 13.0. The van der Waals surface area contributed by atoms with Crippen LogP contribution >= 0.6 is 0 Å². The molecule has 1 rings (SSSR count). The van der Waals surface area contributed by atoms with Gasteiger partial charge in [-0.15, -0.1) is 0 Å². The summed E-state index contributed by atoms with van der Waals surface area (Å²) in [6.07, 6.45) is 0.842. The molecule has 0 saturated heterocycles. The maximum absolute atomic E-state index is 12.0. The van der Waals surface area contributed by atoms with Gasteiger partial charge in [-0.1, -0.05) is 44.5 Å². The van der Waals surface area contributed by atoms with Crippen molar-refractivity contribution in [2.45, 2.75) is 38.9 Å². The molecule has 0 bridgehead atoms. The van der Waals surface area contributed by atoms with Crippen molar-refractivity contribution in [3.63, 3.8) is 0 Å². The molecule has 0 aliphatic heterocycles. The second-order valence-corrected chi connectivity index (χ2v) is 7.48. The molecule has 0 amide bonds. The monoisotopic (exact) mass is 298 g/mol. The molecule has 1 N–H and O–H groups in total. The molecule has 4 nitrogen and oxygen atoms in total. The van der Waals surface area contributed by atoms with Crippen LogP contribution in [0.3, 0.4) is 0 Å². The van der Waals surface area contributed by atoms with Gasteiger partial charge < -0.3 is 5.11 Å². The minimum absolute atomic E-state index is 0.0130. The largest absolute Gasteiger partial charge is 0.481 e. The lowest BCUT2D eigenvalue weighted by atomic mass is 10.0. The third kappa shape index (κ3) is 4.96. The van der Waals surface area contributed by atoms with E-state index in [2.05, 4.69) is 0 Å². The number of hydrogen-bond donors (Lipinski definition) is 1. The fourth-order valence-electron chi connectivity index (χ4n) is 1.91. The molecule has 2 unspecified atom stereocenters. The molecular formula is C15H22O4S. The van der Waals surface area contributed by atoms with Gasteiger partial charge in [0.05, 0.1) is 17.4 Å². The SMILES string of the molecule is CCC(C)CS(=O)(=O)Cc1ccc(C(C)C(=O)O)cc1. The zero-order valence-electron chi connectivity index (χ0n) is 12.2. The van der Waals surface area contributed by atoms with Gasteiger partial charge in [0.25, 0.3) is 0 Å². The second-order valence-electron chi connectivity index (χ2n) is 5.37. The lowest BCUT2D eigenvalue weighted by molar-refractivity contribution is -0.138. The van der Waals surface area contributed by atoms with Gasteiger partial charge in [-0.05, 0) is 24.0 Å². The Balaban J connectivity index is 2.77. The predicted molar refractivity (Wildman–Crippen MR) is 79.4 cm³/mol. The summed E-state index contributed by atoms with van der Waals surface area (Å²) in [5.74, 6) is -1.11. The maximum Gasteiger partial charge on any atom is 0.310 e. The highest BCUT2D eigenvalue weighted by atomic mass is 32.2. The van der Waals surface area contributed by atoms with Crippen molar-refractivity contribution in [2.24, 2.45) is 5.92 Å². The van der Waals surface area contributed by atoms with E-state index in [0.29, 0.717) is 11.1 Å². The van der Waals surface area contributed by atoms with Crippen molar-refractivity contribution >= 4 is 15.8 Å². The first kappa shape index (κ1) is 16.7. The Morgan fingerprint density at radius 3 is 2.20 bits per heavy atom. The van der Waals surface area contributed by atoms with E-state index in [0.717, 1.165) is 6.42 Å². The zero-order chi connectivity index (χ0) is 15.3. The Bertz CT molecular complexity index is 546. The number of rotatable bonds is 7. The minimum atomic E-state index is -3.11. The summed E-state index contributed by atoms with van der Waals surface area (Å²) in [4.78, 5) is 10.9. The van der Waals surface area contributed by atoms with Crippen LogP contribution in [0.5, 0.6) is 0 Å². The van der Waals surface area contributed by atoms with E-state index in [-0.39, 0.29) is 17.4 Å². The smallest absolute Gasteiger partial charge is 0.310 e. The Morgan fingerprint density at radius 2 is 1.75 bits per heavy atom. The Labute approximate surface area is 120 Å². The van der Waals surface area contributed by atoms with Crippen LogP contribution in [0.1, 0.15) is 44.2 Å². The molecule has 0 aliphatic carbocycles. The highest BCUT2D eigenvalue weighted by Gasteiger charge is 2.17. The quantitative estimate of drug-likeness (QED) is 0.840. The first-order chi connectivity index (χ1) is 9.25. The van der Waals surface area contributed by atoms with Crippen molar-refractivity contribution in [3.8, 4) is 0 Å². The number of hydrogen-bond acceptors (Lipinski definition) is 3. The highest BCUT2D eigenvalue weighted by molar-refractivity contribution is 7.90. The third-order valence-corrected chi connectivity index (χ3v) is 5.32. The van der Waals surface area contributed by atoms with E-state index in [1.54, 1.807) is 31.2 Å². The van der Waals surface area contributed by atoms with E-state index >= 15 is 0 Å². The molecule has 2 atom stereocenters. The van der Waals surface area contributed by atoms with E-state index < -0.39 is 21.7 Å². The molecule has 112 valence electrons. The molecule has 0 spiro atoms. The summed E-state index contributed by atoms with van der Waals surface area (Å²) >= 11 is 0. The second kappa shape index (κ2) is 6.88. The molecule has 0 heterocycles. The van der Waals surface area contributed by atoms with Crippen LogP contribution in [0.15, 0.2) is 24.3 Å². The molecule has 1 aromatic carbocycles. The minimum Gasteiger partial charge on any atom is -0.481 e. The van der Waals surface area contributed by atoms with Gasteiger partial charge in [0.1, 0.15) is 0 Å². The van der Waals surface area contributed by atoms with Gasteiger partial charge in [-0.25, -0.2) is 8.42 Å². The van der Waals surface area contributed by atoms with Gasteiger partial charge in [0.15, 0.2) is 9.84 Å². The van der Waals surface area contributed by atoms with E-state index in [9.17, 15) is 13.2 Å². The van der Waals surface area contributed by atoms with Crippen molar-refractivity contribution in [1.29, 1.82) is 0 Å². The van der Waals surface area contributed by atoms with Gasteiger partial charge in [0.2, 0.25) is 0 Å². The van der Waals surface area contributed by atoms with Crippen LogP contribution in [-0.4, -0.2) is 25.2 Å². The summed E-state index contributed by atoms with van der Waals surface area (Å²) < 4.78 is 24.0. The predicted octanol–water partition coefficient (Wildman–Crippen LogP) is 2.84. The summed E-state index contributed by atoms with van der Waals surface area (Å²) in [5, 5.41) is 8.92. The Hall–Kier alpha value is -1.36. The van der Waals surface area contributed by atoms with E-state index in [1.165, 1.54) is 0 Å². The number of aliphatic carboxylic acids is 1. The van der Waals surface area contributed by atoms with Gasteiger partial charge >= 0.3 is 5.97 Å². The summed E-state index contributed by atoms with van der Waals surface area (Å²) in [7, 11) is -3.11. The van der Waals surface area contributed by atoms with Crippen molar-refractivity contribution in [2.75, 3.05) is 5.75 Å². The van der Waals surface area contributed by atoms with Gasteiger partial charge in [0, 0.05) is 0 Å². The van der Waals surface area contributed by atoms with Crippen LogP contribution in [-0.2, 0) is 20.4 Å². The van der Waals surface area contributed by atoms with Crippen LogP contribution < -0.4 is 0 Å². The number of carbonyl (C=O) groups is 1. The summed E-state index contributed by atoms with van der Waals surface area (Å²) in [5.41, 5.74) is 1.38. The molecule has 0 aromatic heterocycles. The molecule has 1 aromatic rings. The standard InChI is InChI=1S/C15H22O4S/c1-4-11(2)9-20(18,19)10-13-5-7-14(8-6-13)12(3)15(16)17/h5-8,11-12H,4,9-10H2,1-3H3,(H,16,17). The lowest BCUT2D eigenvalue weighted by Crippen LogP contribution is -2.15. The van der Waals surface area contributed by atoms with Crippen LogP contribution in [0, 0.1) is 5.92 Å². The number of benzene rings is 1. The summed E-state index contributed by atoms with van der Waals surface area (Å²) in [6, 6.07) is 6.77. The molecule has 0 saturated carbocycles. The molecule has 0 fully saturated rings. The summed E-state index contributed by atoms with van der Waals surface area (Å²) in [6.45, 7) is 5.51. The number of carboxylic acids is 1. The van der Waals surface area contributed by atoms with Crippen LogP contribution in [0.2, 0.25) is 0 Å². The Morgan fingerprint density at radius 1 is 1.20 bits per heavy atom. The first-order valence-electron chi connectivity index (χ1n) is 6.77. The van der Waals surface area contributed by atoms with Crippen LogP contribution in [0.4, 0.5) is 0 Å². The van der Waals surface area contributed by atoms with Crippen LogP contribution in [0.25, 0.3) is 0 Å². The van der Waals surface area contributed by atoms with Crippen molar-refractivity contribution in [3.05, 3.63) is 35.4 Å². The van der Waals surface area contributed by atoms with Crippen molar-refractivity contribution < 1.29 is 18.3 Å². The fourth-order valence-corrected chi connectivity index (χ4v) is 3.83. The highest BCUT2D eigenvalue weighted by Crippen LogP contribution is 2.18. The topological polar surface area (TPSA) is 71.4 Å². The molecule has 5 heteroatoms. The first-order valence-corrected chi connectivity index (χ1v) is 8.59. The molecule has 20 heavy (non-hydrogen) atoms. The lowest BCUT2D eigenvalue weighted by Gasteiger charge is -2.11. The maximum atomic E-state index is 12.0. The van der Waals surface area contributed by atoms with Gasteiger partial charge in [-0.3, -0.25) is 4.79 Å². The number of sulfone groups is 1. The van der Waals surface area contributed by atoms with Crippen molar-refractivity contribution in [1.82, 2.24) is 0 Å². The number of carboxylic acid groups (broad SMARTS) is 1. The molecular weight excluding hydrogens is 276 g/mol. The fraction of sp³-hybridized carbons (Fsp3) is 0.533.